The van der Waals surface area contributed by atoms with Gasteiger partial charge in [-0.25, -0.2) is 0 Å². The van der Waals surface area contributed by atoms with E-state index in [9.17, 15) is 19.2 Å². The molecule has 1 aromatic heterocycles. The van der Waals surface area contributed by atoms with Crippen molar-refractivity contribution >= 4 is 34.9 Å². The zero-order valence-electron chi connectivity index (χ0n) is 20.1. The molecule has 5 atom stereocenters. The van der Waals surface area contributed by atoms with Gasteiger partial charge >= 0.3 is 0 Å². The van der Waals surface area contributed by atoms with Crippen molar-refractivity contribution < 1.29 is 19.2 Å². The van der Waals surface area contributed by atoms with Crippen LogP contribution >= 0.6 is 0 Å². The molecule has 0 spiro atoms. The molecule has 3 amide bonds. The number of hydrogen-bond acceptors (Lipinski definition) is 4. The second-order valence-electron chi connectivity index (χ2n) is 10.7. The molecule has 3 heterocycles. The van der Waals surface area contributed by atoms with Gasteiger partial charge in [-0.3, -0.25) is 14.4 Å². The van der Waals surface area contributed by atoms with Crippen molar-refractivity contribution in [2.24, 2.45) is 30.2 Å². The summed E-state index contributed by atoms with van der Waals surface area (Å²) >= 11 is 0. The van der Waals surface area contributed by atoms with E-state index < -0.39 is 12.1 Å². The Kier molecular flexibility index (Phi) is 5.30. The number of benzene rings is 1. The predicted octanol–water partition coefficient (Wildman–Crippen LogP) is 1.79. The molecule has 1 saturated carbocycles. The molecule has 2 N–H and O–H groups in total. The molecule has 3 fully saturated rings. The number of aldehydes is 1. The van der Waals surface area contributed by atoms with Crippen LogP contribution in [0.1, 0.15) is 42.7 Å². The van der Waals surface area contributed by atoms with Gasteiger partial charge in [-0.15, -0.1) is 0 Å². The van der Waals surface area contributed by atoms with Gasteiger partial charge in [0.1, 0.15) is 18.0 Å². The fourth-order valence-corrected chi connectivity index (χ4v) is 6.25. The number of likely N-dealkylation sites (tertiary alicyclic amines) is 1. The molecular formula is C26H32N4O4. The van der Waals surface area contributed by atoms with Gasteiger partial charge in [0.05, 0.1) is 6.04 Å². The monoisotopic (exact) mass is 464 g/mol. The third-order valence-electron chi connectivity index (χ3n) is 8.46. The normalized spacial score (nSPS) is 27.9. The Morgan fingerprint density at radius 3 is 2.74 bits per heavy atom. The van der Waals surface area contributed by atoms with Crippen LogP contribution in [0, 0.1) is 30.1 Å². The number of aryl methyl sites for hydroxylation is 2. The smallest absolute Gasteiger partial charge is 0.271 e. The summed E-state index contributed by atoms with van der Waals surface area (Å²) in [6.07, 6.45) is 1.64. The average Bonchev–Trinajstić information content (AvgIpc) is 3.26. The molecule has 1 aromatic carbocycles. The van der Waals surface area contributed by atoms with Crippen molar-refractivity contribution in [2.45, 2.75) is 45.7 Å². The minimum absolute atomic E-state index is 0.0314. The molecular weight excluding hydrogens is 432 g/mol. The van der Waals surface area contributed by atoms with Crippen LogP contribution < -0.4 is 10.6 Å². The number of carbonyl (C=O) groups is 4. The predicted molar refractivity (Wildman–Crippen MR) is 127 cm³/mol. The highest BCUT2D eigenvalue weighted by Crippen LogP contribution is 2.65. The summed E-state index contributed by atoms with van der Waals surface area (Å²) in [5.41, 5.74) is 2.59. The molecule has 2 aliphatic heterocycles. The first-order valence-corrected chi connectivity index (χ1v) is 12.0. The number of piperidine rings is 1. The summed E-state index contributed by atoms with van der Waals surface area (Å²) in [5.74, 6) is -0.529. The van der Waals surface area contributed by atoms with Crippen molar-refractivity contribution in [2.75, 3.05) is 13.1 Å². The summed E-state index contributed by atoms with van der Waals surface area (Å²) in [4.78, 5) is 52.6. The number of hydrogen-bond donors (Lipinski definition) is 2. The van der Waals surface area contributed by atoms with Gasteiger partial charge in [0.25, 0.3) is 5.91 Å². The van der Waals surface area contributed by atoms with E-state index in [4.69, 9.17) is 0 Å². The van der Waals surface area contributed by atoms with Gasteiger partial charge in [0, 0.05) is 37.0 Å². The van der Waals surface area contributed by atoms with E-state index in [-0.39, 0.29) is 47.3 Å². The molecule has 180 valence electrons. The first-order chi connectivity index (χ1) is 16.1. The molecule has 1 aliphatic carbocycles. The van der Waals surface area contributed by atoms with Gasteiger partial charge in [-0.2, -0.15) is 0 Å². The lowest BCUT2D eigenvalue weighted by Crippen LogP contribution is -2.53. The molecule has 8 nitrogen and oxygen atoms in total. The Labute approximate surface area is 199 Å². The van der Waals surface area contributed by atoms with Crippen molar-refractivity contribution in [3.8, 4) is 0 Å². The molecule has 2 aromatic rings. The molecule has 3 aliphatic rings. The van der Waals surface area contributed by atoms with E-state index >= 15 is 0 Å². The van der Waals surface area contributed by atoms with Crippen molar-refractivity contribution in [1.29, 1.82) is 0 Å². The number of nitrogens with one attached hydrogen (secondary N) is 2. The van der Waals surface area contributed by atoms with E-state index in [0.29, 0.717) is 31.5 Å². The molecule has 2 saturated heterocycles. The van der Waals surface area contributed by atoms with Crippen LogP contribution in [0.15, 0.2) is 24.3 Å². The molecule has 34 heavy (non-hydrogen) atoms. The Balaban J connectivity index is 1.39. The SMILES string of the molecule is Cc1cccc2c1cc(C(=O)N1C[C@H]3[C@@H]([C@H]1C(=O)N[C@H](C=O)C[C@@H]1CCNC1=O)C3(C)C)n2C. The van der Waals surface area contributed by atoms with Crippen molar-refractivity contribution in [3.05, 3.63) is 35.5 Å². The summed E-state index contributed by atoms with van der Waals surface area (Å²) in [6, 6.07) is 6.50. The van der Waals surface area contributed by atoms with Crippen molar-refractivity contribution in [1.82, 2.24) is 20.1 Å². The fraction of sp³-hybridized carbons (Fsp3) is 0.538. The molecule has 8 heteroatoms. The second kappa shape index (κ2) is 7.96. The van der Waals surface area contributed by atoms with E-state index in [1.54, 1.807) is 4.90 Å². The first kappa shape index (κ1) is 22.6. The molecule has 0 radical (unpaired) electrons. The minimum atomic E-state index is -0.750. The quantitative estimate of drug-likeness (QED) is 0.637. The lowest BCUT2D eigenvalue weighted by atomic mass is 9.97. The number of rotatable bonds is 6. The number of carbonyl (C=O) groups excluding carboxylic acids is 4. The van der Waals surface area contributed by atoms with Gasteiger partial charge in [0.15, 0.2) is 0 Å². The third kappa shape index (κ3) is 3.42. The number of fused-ring (bicyclic) bond motifs is 2. The summed E-state index contributed by atoms with van der Waals surface area (Å²) in [5, 5.41) is 6.64. The van der Waals surface area contributed by atoms with Crippen molar-refractivity contribution in [3.63, 3.8) is 0 Å². The highest BCUT2D eigenvalue weighted by Gasteiger charge is 2.69. The zero-order chi connectivity index (χ0) is 24.4. The highest BCUT2D eigenvalue weighted by molar-refractivity contribution is 6.02. The maximum Gasteiger partial charge on any atom is 0.271 e. The molecule has 0 unspecified atom stereocenters. The van der Waals surface area contributed by atoms with Crippen LogP contribution in [0.5, 0.6) is 0 Å². The van der Waals surface area contributed by atoms with E-state index in [1.165, 1.54) is 0 Å². The van der Waals surface area contributed by atoms with Gasteiger partial charge in [0.2, 0.25) is 11.8 Å². The maximum absolute atomic E-state index is 13.7. The van der Waals surface area contributed by atoms with Crippen LogP contribution in [0.3, 0.4) is 0 Å². The average molecular weight is 465 g/mol. The topological polar surface area (TPSA) is 101 Å². The van der Waals surface area contributed by atoms with Crippen LogP contribution in [0.4, 0.5) is 0 Å². The minimum Gasteiger partial charge on any atom is -0.356 e. The second-order valence-corrected chi connectivity index (χ2v) is 10.7. The van der Waals surface area contributed by atoms with Gasteiger partial charge in [-0.05, 0) is 54.7 Å². The van der Waals surface area contributed by atoms with Gasteiger partial charge < -0.3 is 24.9 Å². The molecule has 5 rings (SSSR count). The van der Waals surface area contributed by atoms with E-state index in [2.05, 4.69) is 24.5 Å². The lowest BCUT2D eigenvalue weighted by Gasteiger charge is -2.31. The Morgan fingerprint density at radius 2 is 2.09 bits per heavy atom. The maximum atomic E-state index is 13.7. The van der Waals surface area contributed by atoms with Crippen LogP contribution in [-0.4, -0.2) is 58.6 Å². The third-order valence-corrected chi connectivity index (χ3v) is 8.46. The number of nitrogens with zero attached hydrogens (tertiary/aromatic N) is 2. The lowest BCUT2D eigenvalue weighted by molar-refractivity contribution is -0.129. The number of amides is 3. The summed E-state index contributed by atoms with van der Waals surface area (Å²) in [6.45, 7) is 7.39. The summed E-state index contributed by atoms with van der Waals surface area (Å²) < 4.78 is 1.89. The van der Waals surface area contributed by atoms with E-state index in [1.807, 2.05) is 42.8 Å². The zero-order valence-corrected chi connectivity index (χ0v) is 20.1. The van der Waals surface area contributed by atoms with Crippen LogP contribution in [-0.2, 0) is 21.4 Å². The Hall–Kier alpha value is -3.16. The first-order valence-electron chi connectivity index (χ1n) is 12.0. The summed E-state index contributed by atoms with van der Waals surface area (Å²) in [7, 11) is 1.87. The van der Waals surface area contributed by atoms with E-state index in [0.717, 1.165) is 16.5 Å². The Morgan fingerprint density at radius 1 is 1.32 bits per heavy atom. The van der Waals surface area contributed by atoms with Gasteiger partial charge in [-0.1, -0.05) is 26.0 Å². The standard InChI is InChI=1S/C26H32N4O4/c1-14-6-5-7-19-17(14)11-20(29(19)4)25(34)30-12-18-21(26(18,2)3)22(30)24(33)28-16(13-31)10-15-8-9-27-23(15)32/h5-7,11,13,15-16,18,21-22H,8-10,12H2,1-4H3,(H,27,32)(H,28,33)/t15-,16-,18-,21-,22-/m0/s1. The number of aromatic nitrogens is 1. The largest absolute Gasteiger partial charge is 0.356 e. The van der Waals surface area contributed by atoms with Crippen LogP contribution in [0.2, 0.25) is 0 Å². The highest BCUT2D eigenvalue weighted by atomic mass is 16.2. The molecule has 0 bridgehead atoms. The fourth-order valence-electron chi connectivity index (χ4n) is 6.25. The Bertz CT molecular complexity index is 1200. The van der Waals surface area contributed by atoms with Crippen LogP contribution in [0.25, 0.3) is 10.9 Å².